The molecule has 282 valence electrons. The molecule has 0 spiro atoms. The molecule has 4 N–H and O–H groups in total. The van der Waals surface area contributed by atoms with E-state index in [4.69, 9.17) is 29.8 Å². The predicted molar refractivity (Wildman–Crippen MR) is 222 cm³/mol. The first-order valence-electron chi connectivity index (χ1n) is 18.6. The molecule has 2 aliphatic carbocycles. The number of aromatic nitrogens is 4. The van der Waals surface area contributed by atoms with E-state index in [2.05, 4.69) is 68.8 Å². The van der Waals surface area contributed by atoms with E-state index in [1.165, 1.54) is 42.0 Å². The van der Waals surface area contributed by atoms with Gasteiger partial charge in [-0.3, -0.25) is 0 Å². The molecule has 2 aromatic carbocycles. The molecule has 0 amide bonds. The van der Waals surface area contributed by atoms with Crippen LogP contribution in [0, 0.1) is 0 Å². The van der Waals surface area contributed by atoms with Crippen molar-refractivity contribution in [2.45, 2.75) is 72.6 Å². The normalized spacial score (nSPS) is 12.9. The molecule has 0 saturated heterocycles. The third-order valence-electron chi connectivity index (χ3n) is 10.9. The number of nitrogens with zero attached hydrogens (tertiary/aromatic N) is 4. The zero-order chi connectivity index (χ0) is 38.2. The molecule has 0 unspecified atom stereocenters. The number of ether oxygens (including phenoxy) is 2. The van der Waals surface area contributed by atoms with Gasteiger partial charge in [-0.25, -0.2) is 15.0 Å². The van der Waals surface area contributed by atoms with Gasteiger partial charge in [0.05, 0.1) is 20.4 Å². The van der Waals surface area contributed by atoms with Crippen LogP contribution >= 0.6 is 15.9 Å². The van der Waals surface area contributed by atoms with Crippen LogP contribution in [-0.2, 0) is 25.7 Å². The second kappa shape index (κ2) is 17.8. The Hall–Kier alpha value is -4.36. The van der Waals surface area contributed by atoms with E-state index in [-0.39, 0.29) is 0 Å². The van der Waals surface area contributed by atoms with Gasteiger partial charge in [-0.05, 0) is 96.2 Å². The summed E-state index contributed by atoms with van der Waals surface area (Å²) in [5, 5.41) is 0. The summed E-state index contributed by atoms with van der Waals surface area (Å²) in [7, 11) is 3.23. The van der Waals surface area contributed by atoms with Gasteiger partial charge in [0, 0.05) is 57.1 Å². The number of methoxy groups -OCH3 is 2. The summed E-state index contributed by atoms with van der Waals surface area (Å²) in [6, 6.07) is 11.9. The van der Waals surface area contributed by atoms with Gasteiger partial charge in [0.2, 0.25) is 17.7 Å². The molecule has 0 saturated carbocycles. The molecular formula is C42H49BrN6O4Sn. The zero-order valence-corrected chi connectivity index (χ0v) is 36.2. The van der Waals surface area contributed by atoms with Crippen molar-refractivity contribution in [3.8, 4) is 45.5 Å². The summed E-state index contributed by atoms with van der Waals surface area (Å²) in [6.45, 7) is 6.86. The molecule has 0 aliphatic heterocycles. The number of rotatable bonds is 9. The van der Waals surface area contributed by atoms with Crippen LogP contribution in [0.1, 0.15) is 55.9 Å². The summed E-state index contributed by atoms with van der Waals surface area (Å²) in [4.78, 5) is 16.9. The summed E-state index contributed by atoms with van der Waals surface area (Å²) < 4.78 is 27.6. The number of hydrogen-bond donors (Lipinski definition) is 2. The fourth-order valence-corrected chi connectivity index (χ4v) is 17.1. The van der Waals surface area contributed by atoms with Crippen LogP contribution in [0.2, 0.25) is 13.3 Å². The van der Waals surface area contributed by atoms with Crippen LogP contribution in [0.4, 0.5) is 11.4 Å². The molecule has 8 rings (SSSR count). The number of nitrogens with two attached hydrogens (primary N) is 2. The van der Waals surface area contributed by atoms with Crippen LogP contribution in [0.15, 0.2) is 87.0 Å². The van der Waals surface area contributed by atoms with Gasteiger partial charge in [-0.1, -0.05) is 15.9 Å². The Labute approximate surface area is 330 Å². The standard InChI is InChI=1S/C18H17N3O2.C15H15BrN2O.C3H2NO.3C2H5.Sn/c1-22-16-9-11(5-6-20-16)14-10-15(18-21-7-8-23-18)12-3-2-4-13(12)17(14)19;1-19-14-7-9(5-6-18-14)12-8-13(16)10-3-2-4-11(10)15(12)17;1-2-5-3-4-1;3*1-2;/h5-10H,2-4,19H2,1H3;5-8H,2-4,17H2,1H3;1-2H;3*1H2,2H3;. The minimum absolute atomic E-state index is 0.570. The van der Waals surface area contributed by atoms with Crippen molar-refractivity contribution in [2.24, 2.45) is 0 Å². The molecule has 2 aliphatic rings. The van der Waals surface area contributed by atoms with Crippen LogP contribution in [0.25, 0.3) is 33.7 Å². The minimum atomic E-state index is -2.08. The molecule has 4 heterocycles. The Morgan fingerprint density at radius 1 is 0.630 bits per heavy atom. The second-order valence-electron chi connectivity index (χ2n) is 13.5. The maximum absolute atomic E-state index is 6.47. The third kappa shape index (κ3) is 8.17. The molecular weight excluding hydrogens is 851 g/mol. The Morgan fingerprint density at radius 2 is 1.15 bits per heavy atom. The number of fused-ring (bicyclic) bond motifs is 2. The van der Waals surface area contributed by atoms with E-state index >= 15 is 0 Å². The fourth-order valence-electron chi connectivity index (χ4n) is 7.66. The average molecular weight is 901 g/mol. The fraction of sp³-hybridized carbons (Fsp3) is 0.333. The zero-order valence-electron chi connectivity index (χ0n) is 31.7. The summed E-state index contributed by atoms with van der Waals surface area (Å²) in [6.07, 6.45) is 16.7. The van der Waals surface area contributed by atoms with Crippen molar-refractivity contribution in [1.82, 2.24) is 19.9 Å². The number of nitrogen functional groups attached to an aromatic ring is 2. The number of anilines is 2. The first-order valence-corrected chi connectivity index (χ1v) is 26.9. The average Bonchev–Trinajstić information content (AvgIpc) is 4.07. The van der Waals surface area contributed by atoms with Gasteiger partial charge in [0.25, 0.3) is 0 Å². The van der Waals surface area contributed by atoms with Crippen molar-refractivity contribution in [1.29, 1.82) is 0 Å². The van der Waals surface area contributed by atoms with Crippen molar-refractivity contribution < 1.29 is 18.3 Å². The SMILES string of the molecule is COc1cc(-c2cc(-c3ncco3)c3c(c2N)CCC3)ccn1.COc1cc(-c2cc(Br)c3c(c2N)CCC3)ccn1.C[CH2][Sn]([CH2]C)([CH2]C)[c]1ncco1. The van der Waals surface area contributed by atoms with Crippen molar-refractivity contribution >= 4 is 49.6 Å². The number of hydrogen-bond acceptors (Lipinski definition) is 10. The quantitative estimate of drug-likeness (QED) is 0.106. The Balaban J connectivity index is 0.000000145. The van der Waals surface area contributed by atoms with Crippen LogP contribution in [-0.4, -0.2) is 52.5 Å². The van der Waals surface area contributed by atoms with Gasteiger partial charge in [-0.15, -0.1) is 0 Å². The molecule has 12 heteroatoms. The van der Waals surface area contributed by atoms with E-state index in [0.29, 0.717) is 17.7 Å². The first kappa shape index (κ1) is 39.3. The van der Waals surface area contributed by atoms with E-state index in [1.54, 1.807) is 51.5 Å². The molecule has 4 aromatic heterocycles. The van der Waals surface area contributed by atoms with Crippen LogP contribution < -0.4 is 24.8 Å². The van der Waals surface area contributed by atoms with Crippen LogP contribution in [0.3, 0.4) is 0 Å². The number of benzene rings is 2. The molecule has 0 atom stereocenters. The summed E-state index contributed by atoms with van der Waals surface area (Å²) in [5.41, 5.74) is 24.7. The van der Waals surface area contributed by atoms with Crippen molar-refractivity contribution in [3.63, 3.8) is 0 Å². The van der Waals surface area contributed by atoms with E-state index in [1.807, 2.05) is 24.3 Å². The van der Waals surface area contributed by atoms with Gasteiger partial charge < -0.3 is 25.4 Å². The Morgan fingerprint density at radius 3 is 1.67 bits per heavy atom. The molecule has 6 aromatic rings. The topological polar surface area (TPSA) is 148 Å². The van der Waals surface area contributed by atoms with E-state index < -0.39 is 18.4 Å². The van der Waals surface area contributed by atoms with Crippen molar-refractivity contribution in [2.75, 3.05) is 25.7 Å². The molecule has 10 nitrogen and oxygen atoms in total. The molecule has 0 fully saturated rings. The molecule has 54 heavy (non-hydrogen) atoms. The molecule has 0 radical (unpaired) electrons. The van der Waals surface area contributed by atoms with Gasteiger partial charge >= 0.3 is 78.2 Å². The van der Waals surface area contributed by atoms with E-state index in [0.717, 1.165) is 79.7 Å². The second-order valence-corrected chi connectivity index (χ2v) is 29.0. The van der Waals surface area contributed by atoms with Gasteiger partial charge in [-0.2, -0.15) is 0 Å². The third-order valence-corrected chi connectivity index (χ3v) is 26.5. The number of oxazole rings is 2. The monoisotopic (exact) mass is 900 g/mol. The Kier molecular flexibility index (Phi) is 13.0. The predicted octanol–water partition coefficient (Wildman–Crippen LogP) is 9.46. The van der Waals surface area contributed by atoms with Gasteiger partial charge in [0.1, 0.15) is 6.26 Å². The van der Waals surface area contributed by atoms with E-state index in [9.17, 15) is 0 Å². The van der Waals surface area contributed by atoms with Crippen molar-refractivity contribution in [3.05, 3.63) is 100 Å². The summed E-state index contributed by atoms with van der Waals surface area (Å²) >= 11 is 1.58. The summed E-state index contributed by atoms with van der Waals surface area (Å²) in [5.74, 6) is 1.82. The van der Waals surface area contributed by atoms with Gasteiger partial charge in [0.15, 0.2) is 0 Å². The van der Waals surface area contributed by atoms with Crippen LogP contribution in [0.5, 0.6) is 11.8 Å². The maximum atomic E-state index is 6.47. The number of pyridine rings is 2. The first-order chi connectivity index (χ1) is 26.3. The molecule has 0 bridgehead atoms. The number of halogens is 1. The Bertz CT molecular complexity index is 2160.